The number of ether oxygens (including phenoxy) is 1. The van der Waals surface area contributed by atoms with Crippen molar-refractivity contribution in [3.63, 3.8) is 0 Å². The van der Waals surface area contributed by atoms with Gasteiger partial charge in [0.2, 0.25) is 0 Å². The first-order valence-electron chi connectivity index (χ1n) is 8.59. The number of likely N-dealkylation sites (tertiary alicyclic amines) is 1. The fourth-order valence-corrected chi connectivity index (χ4v) is 3.20. The molecule has 2 heterocycles. The second-order valence-corrected chi connectivity index (χ2v) is 6.78. The van der Waals surface area contributed by atoms with Crippen molar-refractivity contribution in [1.82, 2.24) is 9.88 Å². The summed E-state index contributed by atoms with van der Waals surface area (Å²) in [6, 6.07) is 9.56. The lowest BCUT2D eigenvalue weighted by molar-refractivity contribution is 0.143. The van der Waals surface area contributed by atoms with Gasteiger partial charge in [0.1, 0.15) is 5.15 Å². The van der Waals surface area contributed by atoms with Crippen LogP contribution in [0.3, 0.4) is 0 Å². The van der Waals surface area contributed by atoms with Crippen molar-refractivity contribution < 1.29 is 13.9 Å². The molecule has 2 amide bonds. The molecule has 5 nitrogen and oxygen atoms in total. The molecular formula is C19H21ClFN3O2. The van der Waals surface area contributed by atoms with Gasteiger partial charge >= 0.3 is 6.03 Å². The first-order chi connectivity index (χ1) is 12.5. The van der Waals surface area contributed by atoms with Crippen molar-refractivity contribution in [2.75, 3.05) is 25.0 Å². The summed E-state index contributed by atoms with van der Waals surface area (Å²) in [6.07, 6.45) is 1.83. The SMILES string of the molecule is Cc1nc(Cl)ccc1NC(=O)N1CCC[C@H](COc2ccccc2F)C1. The van der Waals surface area contributed by atoms with Crippen molar-refractivity contribution in [1.29, 1.82) is 0 Å². The number of aryl methyl sites for hydroxylation is 1. The van der Waals surface area contributed by atoms with Gasteiger partial charge in [-0.2, -0.15) is 0 Å². The van der Waals surface area contributed by atoms with E-state index < -0.39 is 0 Å². The molecule has 1 atom stereocenters. The van der Waals surface area contributed by atoms with Crippen molar-refractivity contribution in [3.05, 3.63) is 53.1 Å². The van der Waals surface area contributed by atoms with E-state index >= 15 is 0 Å². The number of aromatic nitrogens is 1. The van der Waals surface area contributed by atoms with Crippen LogP contribution in [0.5, 0.6) is 5.75 Å². The van der Waals surface area contributed by atoms with E-state index in [4.69, 9.17) is 16.3 Å². The quantitative estimate of drug-likeness (QED) is 0.798. The Morgan fingerprint density at radius 3 is 2.96 bits per heavy atom. The predicted octanol–water partition coefficient (Wildman–Crippen LogP) is 4.51. The van der Waals surface area contributed by atoms with Crippen LogP contribution in [0.1, 0.15) is 18.5 Å². The molecule has 0 saturated carbocycles. The summed E-state index contributed by atoms with van der Waals surface area (Å²) in [6.45, 7) is 3.43. The van der Waals surface area contributed by atoms with Crippen molar-refractivity contribution in [2.45, 2.75) is 19.8 Å². The molecule has 1 aliphatic heterocycles. The first-order valence-corrected chi connectivity index (χ1v) is 8.97. The largest absolute Gasteiger partial charge is 0.490 e. The number of benzene rings is 1. The molecule has 1 fully saturated rings. The third-order valence-electron chi connectivity index (χ3n) is 4.41. The van der Waals surface area contributed by atoms with Crippen LogP contribution < -0.4 is 10.1 Å². The molecule has 138 valence electrons. The van der Waals surface area contributed by atoms with Crippen LogP contribution in [0.2, 0.25) is 5.15 Å². The molecular weight excluding hydrogens is 357 g/mol. The number of carbonyl (C=O) groups excluding carboxylic acids is 1. The van der Waals surface area contributed by atoms with E-state index in [9.17, 15) is 9.18 Å². The van der Waals surface area contributed by atoms with Gasteiger partial charge in [-0.3, -0.25) is 0 Å². The molecule has 0 radical (unpaired) electrons. The maximum absolute atomic E-state index is 13.6. The molecule has 2 aromatic rings. The van der Waals surface area contributed by atoms with Gasteiger partial charge in [-0.15, -0.1) is 0 Å². The van der Waals surface area contributed by atoms with Gasteiger partial charge in [0, 0.05) is 19.0 Å². The number of carbonyl (C=O) groups is 1. The topological polar surface area (TPSA) is 54.5 Å². The third-order valence-corrected chi connectivity index (χ3v) is 4.62. The number of rotatable bonds is 4. The van der Waals surface area contributed by atoms with Crippen LogP contribution in [0, 0.1) is 18.7 Å². The van der Waals surface area contributed by atoms with Crippen molar-refractivity contribution in [3.8, 4) is 5.75 Å². The summed E-state index contributed by atoms with van der Waals surface area (Å²) in [5.41, 5.74) is 1.31. The number of hydrogen-bond donors (Lipinski definition) is 1. The van der Waals surface area contributed by atoms with Crippen LogP contribution in [0.25, 0.3) is 0 Å². The van der Waals surface area contributed by atoms with Crippen LogP contribution in [0.15, 0.2) is 36.4 Å². The summed E-state index contributed by atoms with van der Waals surface area (Å²) in [4.78, 5) is 18.4. The second-order valence-electron chi connectivity index (χ2n) is 6.39. The number of hydrogen-bond acceptors (Lipinski definition) is 3. The predicted molar refractivity (Wildman–Crippen MR) is 99.2 cm³/mol. The minimum absolute atomic E-state index is 0.165. The Balaban J connectivity index is 1.55. The lowest BCUT2D eigenvalue weighted by atomic mass is 9.99. The Labute approximate surface area is 157 Å². The zero-order chi connectivity index (χ0) is 18.5. The minimum atomic E-state index is -0.372. The molecule has 26 heavy (non-hydrogen) atoms. The molecule has 0 unspecified atom stereocenters. The molecule has 1 saturated heterocycles. The normalized spacial score (nSPS) is 17.0. The highest BCUT2D eigenvalue weighted by Gasteiger charge is 2.25. The van der Waals surface area contributed by atoms with Crippen molar-refractivity contribution in [2.24, 2.45) is 5.92 Å². The Bertz CT molecular complexity index is 787. The standard InChI is InChI=1S/C19H21ClFN3O2/c1-13-16(8-9-18(20)22-13)23-19(25)24-10-4-5-14(11-24)12-26-17-7-3-2-6-15(17)21/h2-3,6-9,14H,4-5,10-12H2,1H3,(H,23,25)/t14-/m0/s1. The van der Waals surface area contributed by atoms with E-state index in [-0.39, 0.29) is 23.5 Å². The van der Waals surface area contributed by atoms with E-state index in [1.807, 2.05) is 0 Å². The van der Waals surface area contributed by atoms with Gasteiger partial charge in [0.25, 0.3) is 0 Å². The minimum Gasteiger partial charge on any atom is -0.490 e. The fraction of sp³-hybridized carbons (Fsp3) is 0.368. The third kappa shape index (κ3) is 4.64. The first kappa shape index (κ1) is 18.5. The average molecular weight is 378 g/mol. The molecule has 0 aliphatic carbocycles. The van der Waals surface area contributed by atoms with E-state index in [0.717, 1.165) is 12.8 Å². The molecule has 1 aromatic carbocycles. The van der Waals surface area contributed by atoms with E-state index in [1.165, 1.54) is 6.07 Å². The molecule has 3 rings (SSSR count). The summed E-state index contributed by atoms with van der Waals surface area (Å²) in [5, 5.41) is 3.27. The number of amides is 2. The van der Waals surface area contributed by atoms with Crippen LogP contribution >= 0.6 is 11.6 Å². The molecule has 7 heteroatoms. The summed E-state index contributed by atoms with van der Waals surface area (Å²) < 4.78 is 19.2. The van der Waals surface area contributed by atoms with Gasteiger partial charge in [0.15, 0.2) is 11.6 Å². The van der Waals surface area contributed by atoms with E-state index in [0.29, 0.717) is 36.2 Å². The molecule has 1 aliphatic rings. The number of nitrogens with one attached hydrogen (secondary N) is 1. The highest BCUT2D eigenvalue weighted by molar-refractivity contribution is 6.29. The fourth-order valence-electron chi connectivity index (χ4n) is 3.01. The summed E-state index contributed by atoms with van der Waals surface area (Å²) in [5.74, 6) is 0.0408. The monoisotopic (exact) mass is 377 g/mol. The lowest BCUT2D eigenvalue weighted by Gasteiger charge is -2.32. The number of pyridine rings is 1. The number of nitrogens with zero attached hydrogens (tertiary/aromatic N) is 2. The summed E-state index contributed by atoms with van der Waals surface area (Å²) >= 11 is 5.84. The zero-order valence-electron chi connectivity index (χ0n) is 14.5. The zero-order valence-corrected chi connectivity index (χ0v) is 15.3. The van der Waals surface area contributed by atoms with E-state index in [2.05, 4.69) is 10.3 Å². The Morgan fingerprint density at radius 2 is 2.19 bits per heavy atom. The van der Waals surface area contributed by atoms with Crippen LogP contribution in [-0.4, -0.2) is 35.6 Å². The highest BCUT2D eigenvalue weighted by atomic mass is 35.5. The number of piperidine rings is 1. The van der Waals surface area contributed by atoms with Gasteiger partial charge in [0.05, 0.1) is 18.0 Å². The molecule has 0 spiro atoms. The van der Waals surface area contributed by atoms with E-state index in [1.54, 1.807) is 42.2 Å². The maximum atomic E-state index is 13.6. The lowest BCUT2D eigenvalue weighted by Crippen LogP contribution is -2.43. The number of halogens is 2. The maximum Gasteiger partial charge on any atom is 0.321 e. The second kappa shape index (κ2) is 8.36. The Hall–Kier alpha value is -2.34. The van der Waals surface area contributed by atoms with Gasteiger partial charge in [-0.05, 0) is 44.0 Å². The van der Waals surface area contributed by atoms with Crippen molar-refractivity contribution >= 4 is 23.3 Å². The smallest absolute Gasteiger partial charge is 0.321 e. The number of para-hydroxylation sites is 1. The Morgan fingerprint density at radius 1 is 1.38 bits per heavy atom. The van der Waals surface area contributed by atoms with Gasteiger partial charge < -0.3 is 15.0 Å². The number of anilines is 1. The Kier molecular flexibility index (Phi) is 5.93. The average Bonchev–Trinajstić information content (AvgIpc) is 2.63. The highest BCUT2D eigenvalue weighted by Crippen LogP contribution is 2.22. The molecule has 1 N–H and O–H groups in total. The number of urea groups is 1. The van der Waals surface area contributed by atoms with Crippen LogP contribution in [0.4, 0.5) is 14.9 Å². The van der Waals surface area contributed by atoms with Crippen LogP contribution in [-0.2, 0) is 0 Å². The van der Waals surface area contributed by atoms with Gasteiger partial charge in [-0.25, -0.2) is 14.2 Å². The summed E-state index contributed by atoms with van der Waals surface area (Å²) in [7, 11) is 0. The molecule has 1 aromatic heterocycles. The van der Waals surface area contributed by atoms with Gasteiger partial charge in [-0.1, -0.05) is 23.7 Å². The molecule has 0 bridgehead atoms.